The summed E-state index contributed by atoms with van der Waals surface area (Å²) in [4.78, 5) is 21.9. The first-order valence-electron chi connectivity index (χ1n) is 7.58. The van der Waals surface area contributed by atoms with Gasteiger partial charge in [0.05, 0.1) is 12.8 Å². The van der Waals surface area contributed by atoms with E-state index in [4.69, 9.17) is 5.11 Å². The molecule has 1 aliphatic carbocycles. The van der Waals surface area contributed by atoms with Crippen LogP contribution in [0.2, 0.25) is 0 Å². The first kappa shape index (κ1) is 15.5. The fraction of sp³-hybridized carbons (Fsp3) is 0.529. The Kier molecular flexibility index (Phi) is 5.37. The lowest BCUT2D eigenvalue weighted by Gasteiger charge is -2.29. The molecule has 4 heteroatoms. The second kappa shape index (κ2) is 7.25. The number of carboxylic acids is 2. The highest BCUT2D eigenvalue weighted by molar-refractivity contribution is 5.70. The summed E-state index contributed by atoms with van der Waals surface area (Å²) in [7, 11) is 0. The van der Waals surface area contributed by atoms with Crippen molar-refractivity contribution in [3.05, 3.63) is 35.4 Å². The molecule has 1 aromatic rings. The van der Waals surface area contributed by atoms with Crippen molar-refractivity contribution >= 4 is 11.9 Å². The van der Waals surface area contributed by atoms with Crippen molar-refractivity contribution in [2.24, 2.45) is 5.92 Å². The van der Waals surface area contributed by atoms with Crippen molar-refractivity contribution in [1.29, 1.82) is 0 Å². The third kappa shape index (κ3) is 4.59. The van der Waals surface area contributed by atoms with Crippen molar-refractivity contribution in [3.63, 3.8) is 0 Å². The number of hydrogen-bond donors (Lipinski definition) is 2. The van der Waals surface area contributed by atoms with E-state index in [1.807, 2.05) is 12.1 Å². The zero-order chi connectivity index (χ0) is 15.2. The second-order valence-electron chi connectivity index (χ2n) is 5.91. The van der Waals surface area contributed by atoms with Crippen LogP contribution < -0.4 is 0 Å². The molecule has 0 spiro atoms. The number of carboxylic acid groups (broad SMARTS) is 2. The van der Waals surface area contributed by atoms with E-state index in [0.29, 0.717) is 5.92 Å². The number of aliphatic carboxylic acids is 2. The molecule has 1 aromatic carbocycles. The SMILES string of the molecule is O=C(O)Cc1ccc([C@@H](CC(=O)O)C2CCCCC2)cc1. The van der Waals surface area contributed by atoms with Gasteiger partial charge in [0.25, 0.3) is 0 Å². The molecule has 0 aromatic heterocycles. The van der Waals surface area contributed by atoms with E-state index in [-0.39, 0.29) is 18.8 Å². The Hall–Kier alpha value is -1.84. The lowest BCUT2D eigenvalue weighted by atomic mass is 9.75. The molecule has 0 unspecified atom stereocenters. The highest BCUT2D eigenvalue weighted by Gasteiger charge is 2.27. The molecular weight excluding hydrogens is 268 g/mol. The lowest BCUT2D eigenvalue weighted by Crippen LogP contribution is -2.19. The highest BCUT2D eigenvalue weighted by atomic mass is 16.4. The summed E-state index contributed by atoms with van der Waals surface area (Å²) in [6.45, 7) is 0. The predicted molar refractivity (Wildman–Crippen MR) is 79.4 cm³/mol. The van der Waals surface area contributed by atoms with E-state index in [0.717, 1.165) is 24.0 Å². The molecule has 4 nitrogen and oxygen atoms in total. The van der Waals surface area contributed by atoms with Gasteiger partial charge in [0.15, 0.2) is 0 Å². The van der Waals surface area contributed by atoms with Crippen LogP contribution in [0.5, 0.6) is 0 Å². The number of carbonyl (C=O) groups is 2. The molecule has 1 atom stereocenters. The van der Waals surface area contributed by atoms with Crippen LogP contribution in [0.4, 0.5) is 0 Å². The van der Waals surface area contributed by atoms with Gasteiger partial charge in [-0.15, -0.1) is 0 Å². The smallest absolute Gasteiger partial charge is 0.307 e. The van der Waals surface area contributed by atoms with Crippen LogP contribution in [0, 0.1) is 5.92 Å². The highest BCUT2D eigenvalue weighted by Crippen LogP contribution is 2.38. The molecule has 0 bridgehead atoms. The summed E-state index contributed by atoms with van der Waals surface area (Å²) >= 11 is 0. The largest absolute Gasteiger partial charge is 0.481 e. The van der Waals surface area contributed by atoms with E-state index >= 15 is 0 Å². The van der Waals surface area contributed by atoms with Crippen LogP contribution in [0.15, 0.2) is 24.3 Å². The molecule has 2 rings (SSSR count). The van der Waals surface area contributed by atoms with Gasteiger partial charge in [-0.25, -0.2) is 0 Å². The molecule has 1 aliphatic rings. The third-order valence-electron chi connectivity index (χ3n) is 4.38. The number of hydrogen-bond acceptors (Lipinski definition) is 2. The van der Waals surface area contributed by atoms with E-state index in [9.17, 15) is 14.7 Å². The molecule has 2 N–H and O–H groups in total. The molecule has 0 amide bonds. The molecule has 1 fully saturated rings. The minimum Gasteiger partial charge on any atom is -0.481 e. The summed E-state index contributed by atoms with van der Waals surface area (Å²) in [6, 6.07) is 7.42. The monoisotopic (exact) mass is 290 g/mol. The Morgan fingerprint density at radius 1 is 1.00 bits per heavy atom. The van der Waals surface area contributed by atoms with Crippen molar-refractivity contribution in [3.8, 4) is 0 Å². The van der Waals surface area contributed by atoms with E-state index in [1.165, 1.54) is 19.3 Å². The molecule has 21 heavy (non-hydrogen) atoms. The fourth-order valence-corrected chi connectivity index (χ4v) is 3.34. The fourth-order valence-electron chi connectivity index (χ4n) is 3.34. The van der Waals surface area contributed by atoms with Crippen molar-refractivity contribution in [1.82, 2.24) is 0 Å². The lowest BCUT2D eigenvalue weighted by molar-refractivity contribution is -0.138. The van der Waals surface area contributed by atoms with Crippen LogP contribution in [0.3, 0.4) is 0 Å². The van der Waals surface area contributed by atoms with Crippen LogP contribution >= 0.6 is 0 Å². The van der Waals surface area contributed by atoms with Gasteiger partial charge in [-0.1, -0.05) is 43.5 Å². The topological polar surface area (TPSA) is 74.6 Å². The van der Waals surface area contributed by atoms with Crippen molar-refractivity contribution in [2.75, 3.05) is 0 Å². The molecule has 0 radical (unpaired) electrons. The average molecular weight is 290 g/mol. The zero-order valence-electron chi connectivity index (χ0n) is 12.1. The summed E-state index contributed by atoms with van der Waals surface area (Å²) in [5.41, 5.74) is 1.78. The second-order valence-corrected chi connectivity index (χ2v) is 5.91. The van der Waals surface area contributed by atoms with Gasteiger partial charge in [0, 0.05) is 0 Å². The van der Waals surface area contributed by atoms with Gasteiger partial charge >= 0.3 is 11.9 Å². The Morgan fingerprint density at radius 3 is 2.14 bits per heavy atom. The first-order valence-corrected chi connectivity index (χ1v) is 7.58. The summed E-state index contributed by atoms with van der Waals surface area (Å²) in [6.07, 6.45) is 5.95. The molecule has 0 saturated heterocycles. The minimum absolute atomic E-state index is 0.00725. The minimum atomic E-state index is -0.850. The van der Waals surface area contributed by atoms with Gasteiger partial charge in [-0.05, 0) is 35.8 Å². The Morgan fingerprint density at radius 2 is 1.62 bits per heavy atom. The third-order valence-corrected chi connectivity index (χ3v) is 4.38. The van der Waals surface area contributed by atoms with Crippen molar-refractivity contribution in [2.45, 2.75) is 50.9 Å². The van der Waals surface area contributed by atoms with Gasteiger partial charge in [-0.3, -0.25) is 9.59 Å². The average Bonchev–Trinajstić information content (AvgIpc) is 2.46. The van der Waals surface area contributed by atoms with Gasteiger partial charge in [0.1, 0.15) is 0 Å². The number of rotatable bonds is 6. The number of benzene rings is 1. The Bertz CT molecular complexity index is 486. The van der Waals surface area contributed by atoms with Gasteiger partial charge in [-0.2, -0.15) is 0 Å². The maximum absolute atomic E-state index is 11.2. The molecule has 0 aliphatic heterocycles. The van der Waals surface area contributed by atoms with Crippen LogP contribution in [0.25, 0.3) is 0 Å². The zero-order valence-corrected chi connectivity index (χ0v) is 12.1. The molecule has 0 heterocycles. The van der Waals surface area contributed by atoms with Gasteiger partial charge in [0.2, 0.25) is 0 Å². The molecule has 114 valence electrons. The van der Waals surface area contributed by atoms with E-state index in [2.05, 4.69) is 0 Å². The summed E-state index contributed by atoms with van der Waals surface area (Å²) in [5, 5.41) is 18.0. The predicted octanol–water partition coefficient (Wildman–Crippen LogP) is 3.45. The van der Waals surface area contributed by atoms with Crippen molar-refractivity contribution < 1.29 is 19.8 Å². The quantitative estimate of drug-likeness (QED) is 0.841. The Labute approximate surface area is 124 Å². The normalized spacial score (nSPS) is 17.3. The Balaban J connectivity index is 2.15. The van der Waals surface area contributed by atoms with Crippen LogP contribution in [-0.2, 0) is 16.0 Å². The summed E-state index contributed by atoms with van der Waals surface area (Å²) < 4.78 is 0. The van der Waals surface area contributed by atoms with E-state index < -0.39 is 11.9 Å². The van der Waals surface area contributed by atoms with Crippen LogP contribution in [0.1, 0.15) is 55.6 Å². The maximum Gasteiger partial charge on any atom is 0.307 e. The first-order chi connectivity index (χ1) is 10.1. The van der Waals surface area contributed by atoms with Gasteiger partial charge < -0.3 is 10.2 Å². The van der Waals surface area contributed by atoms with Crippen LogP contribution in [-0.4, -0.2) is 22.2 Å². The standard InChI is InChI=1S/C17H22O4/c18-16(19)10-12-6-8-14(9-7-12)15(11-17(20)21)13-4-2-1-3-5-13/h6-9,13,15H,1-5,10-11H2,(H,18,19)(H,20,21)/t15-/m0/s1. The molecular formula is C17H22O4. The maximum atomic E-state index is 11.2. The summed E-state index contributed by atoms with van der Waals surface area (Å²) in [5.74, 6) is -1.14. The molecule has 1 saturated carbocycles. The van der Waals surface area contributed by atoms with E-state index in [1.54, 1.807) is 12.1 Å².